The molecule has 0 saturated heterocycles. The molecule has 0 aromatic heterocycles. The van der Waals surface area contributed by atoms with Crippen LogP contribution in [0, 0.1) is 11.8 Å². The molecule has 0 nitrogen and oxygen atoms in total. The zero-order valence-electron chi connectivity index (χ0n) is 13.7. The maximum Gasteiger partial charge on any atom is 0.259 e. The Balaban J connectivity index is 4.85. The van der Waals surface area contributed by atoms with Crippen LogP contribution >= 0.6 is 0 Å². The van der Waals surface area contributed by atoms with Crippen LogP contribution in [0.25, 0.3) is 0 Å². The molecule has 0 heterocycles. The molecule has 0 fully saturated rings. The predicted molar refractivity (Wildman–Crippen MR) is 72.5 cm³/mol. The minimum absolute atomic E-state index is 0.600. The third kappa shape index (κ3) is 10.8. The van der Waals surface area contributed by atoms with Crippen LogP contribution in [0.5, 0.6) is 0 Å². The van der Waals surface area contributed by atoms with Gasteiger partial charge >= 0.3 is 0 Å². The first-order valence-corrected chi connectivity index (χ1v) is 7.47. The summed E-state index contributed by atoms with van der Waals surface area (Å²) in [6, 6.07) is 0. The number of hydrogen-bond acceptors (Lipinski definition) is 0. The van der Waals surface area contributed by atoms with Gasteiger partial charge in [0.05, 0.1) is 19.3 Å². The fourth-order valence-electron chi connectivity index (χ4n) is 2.60. The quantitative estimate of drug-likeness (QED) is 0.378. The Hall–Kier alpha value is -0.560. The summed E-state index contributed by atoms with van der Waals surface area (Å²) in [6.07, 6.45) is -8.19. The standard InChI is InChI=1S/C15H24F8/c1-10(2)5-12(16,17)7-14(20,21)9-15(22,23)8-13(18,19)6-11(3)4/h10-11H,5-9H2,1-4H3. The molecule has 140 valence electrons. The SMILES string of the molecule is CC(C)CC(F)(F)CC(F)(F)CC(F)(F)CC(F)(F)CC(C)C. The predicted octanol–water partition coefficient (Wildman–Crippen LogP) is 6.79. The Kier molecular flexibility index (Phi) is 7.37. The first-order valence-electron chi connectivity index (χ1n) is 7.47. The lowest BCUT2D eigenvalue weighted by atomic mass is 9.93. The van der Waals surface area contributed by atoms with Crippen molar-refractivity contribution in [3.05, 3.63) is 0 Å². The first-order chi connectivity index (χ1) is 9.95. The van der Waals surface area contributed by atoms with E-state index in [4.69, 9.17) is 0 Å². The van der Waals surface area contributed by atoms with Crippen LogP contribution in [-0.2, 0) is 0 Å². The first kappa shape index (κ1) is 22.4. The van der Waals surface area contributed by atoms with Gasteiger partial charge < -0.3 is 0 Å². The molecule has 0 saturated carbocycles. The smallest absolute Gasteiger partial charge is 0.207 e. The van der Waals surface area contributed by atoms with Gasteiger partial charge in [0.25, 0.3) is 23.7 Å². The van der Waals surface area contributed by atoms with Gasteiger partial charge in [-0.2, -0.15) is 0 Å². The molecular formula is C15H24F8. The van der Waals surface area contributed by atoms with Crippen molar-refractivity contribution >= 4 is 0 Å². The highest BCUT2D eigenvalue weighted by molar-refractivity contribution is 4.87. The molecule has 23 heavy (non-hydrogen) atoms. The van der Waals surface area contributed by atoms with E-state index >= 15 is 0 Å². The molecule has 8 heteroatoms. The van der Waals surface area contributed by atoms with Gasteiger partial charge in [0.2, 0.25) is 0 Å². The van der Waals surface area contributed by atoms with Crippen LogP contribution in [0.15, 0.2) is 0 Å². The molecule has 0 N–H and O–H groups in total. The second kappa shape index (κ2) is 7.55. The van der Waals surface area contributed by atoms with Gasteiger partial charge in [0.15, 0.2) is 0 Å². The molecule has 0 amide bonds. The number of rotatable bonds is 10. The number of alkyl halides is 8. The molecule has 0 bridgehead atoms. The molecular weight excluding hydrogens is 332 g/mol. The van der Waals surface area contributed by atoms with Gasteiger partial charge in [0, 0.05) is 12.8 Å². The Morgan fingerprint density at radius 2 is 0.696 bits per heavy atom. The van der Waals surface area contributed by atoms with Gasteiger partial charge in [-0.3, -0.25) is 0 Å². The van der Waals surface area contributed by atoms with Crippen LogP contribution in [0.3, 0.4) is 0 Å². The van der Waals surface area contributed by atoms with E-state index in [0.717, 1.165) is 0 Å². The average molecular weight is 356 g/mol. The van der Waals surface area contributed by atoms with Crippen molar-refractivity contribution in [3.63, 3.8) is 0 Å². The summed E-state index contributed by atoms with van der Waals surface area (Å²) < 4.78 is 108. The lowest BCUT2D eigenvalue weighted by Crippen LogP contribution is -2.39. The fourth-order valence-corrected chi connectivity index (χ4v) is 2.60. The molecule has 0 aromatic carbocycles. The van der Waals surface area contributed by atoms with E-state index < -0.39 is 67.6 Å². The summed E-state index contributed by atoms with van der Waals surface area (Å²) in [7, 11) is 0. The van der Waals surface area contributed by atoms with Crippen molar-refractivity contribution < 1.29 is 35.1 Å². The minimum atomic E-state index is -4.42. The molecule has 0 aliphatic rings. The van der Waals surface area contributed by atoms with Gasteiger partial charge in [-0.1, -0.05) is 27.7 Å². The van der Waals surface area contributed by atoms with E-state index in [9.17, 15) is 35.1 Å². The fraction of sp³-hybridized carbons (Fsp3) is 1.00. The second-order valence-electron chi connectivity index (χ2n) is 7.15. The molecule has 0 unspecified atom stereocenters. The number of halogens is 8. The zero-order valence-corrected chi connectivity index (χ0v) is 13.7. The van der Waals surface area contributed by atoms with E-state index in [1.54, 1.807) is 0 Å². The van der Waals surface area contributed by atoms with Gasteiger partial charge in [-0.25, -0.2) is 35.1 Å². The monoisotopic (exact) mass is 356 g/mol. The summed E-state index contributed by atoms with van der Waals surface area (Å²) in [4.78, 5) is 0. The summed E-state index contributed by atoms with van der Waals surface area (Å²) in [5.74, 6) is -17.7. The van der Waals surface area contributed by atoms with Crippen LogP contribution < -0.4 is 0 Å². The van der Waals surface area contributed by atoms with E-state index in [-0.39, 0.29) is 0 Å². The molecule has 0 spiro atoms. The van der Waals surface area contributed by atoms with Crippen molar-refractivity contribution in [2.45, 2.75) is 83.5 Å². The summed E-state index contributed by atoms with van der Waals surface area (Å²) in [5.41, 5.74) is 0. The normalized spacial score (nSPS) is 14.9. The van der Waals surface area contributed by atoms with Crippen LogP contribution in [0.2, 0.25) is 0 Å². The van der Waals surface area contributed by atoms with E-state index in [1.165, 1.54) is 27.7 Å². The van der Waals surface area contributed by atoms with Gasteiger partial charge in [0.1, 0.15) is 0 Å². The molecule has 0 atom stereocenters. The summed E-state index contributed by atoms with van der Waals surface area (Å²) in [6.45, 7) is 5.53. The highest BCUT2D eigenvalue weighted by Crippen LogP contribution is 2.44. The van der Waals surface area contributed by atoms with E-state index in [0.29, 0.717) is 0 Å². The van der Waals surface area contributed by atoms with Gasteiger partial charge in [-0.15, -0.1) is 0 Å². The molecule has 0 aromatic rings. The molecule has 0 rings (SSSR count). The Bertz CT molecular complexity index is 326. The topological polar surface area (TPSA) is 0 Å². The van der Waals surface area contributed by atoms with Gasteiger partial charge in [-0.05, 0) is 11.8 Å². The Morgan fingerprint density at radius 1 is 0.478 bits per heavy atom. The number of hydrogen-bond donors (Lipinski definition) is 0. The maximum absolute atomic E-state index is 13.5. The highest BCUT2D eigenvalue weighted by Gasteiger charge is 2.52. The van der Waals surface area contributed by atoms with Crippen molar-refractivity contribution in [3.8, 4) is 0 Å². The third-order valence-corrected chi connectivity index (χ3v) is 2.97. The van der Waals surface area contributed by atoms with Crippen molar-refractivity contribution in [1.29, 1.82) is 0 Å². The Labute approximate surface area is 131 Å². The lowest BCUT2D eigenvalue weighted by molar-refractivity contribution is -0.183. The largest absolute Gasteiger partial charge is 0.259 e. The summed E-state index contributed by atoms with van der Waals surface area (Å²) in [5, 5.41) is 0. The average Bonchev–Trinajstić information content (AvgIpc) is 2.02. The minimum Gasteiger partial charge on any atom is -0.207 e. The van der Waals surface area contributed by atoms with Crippen molar-refractivity contribution in [1.82, 2.24) is 0 Å². The summed E-state index contributed by atoms with van der Waals surface area (Å²) >= 11 is 0. The maximum atomic E-state index is 13.5. The van der Waals surface area contributed by atoms with Crippen molar-refractivity contribution in [2.75, 3.05) is 0 Å². The van der Waals surface area contributed by atoms with E-state index in [2.05, 4.69) is 0 Å². The Morgan fingerprint density at radius 3 is 0.913 bits per heavy atom. The molecule has 0 aliphatic heterocycles. The second-order valence-corrected chi connectivity index (χ2v) is 7.15. The van der Waals surface area contributed by atoms with Crippen LogP contribution in [0.4, 0.5) is 35.1 Å². The van der Waals surface area contributed by atoms with Crippen LogP contribution in [-0.4, -0.2) is 23.7 Å². The lowest BCUT2D eigenvalue weighted by Gasteiger charge is -2.29. The molecule has 0 aliphatic carbocycles. The third-order valence-electron chi connectivity index (χ3n) is 2.97. The zero-order chi connectivity index (χ0) is 18.7. The molecule has 0 radical (unpaired) electrons. The van der Waals surface area contributed by atoms with Crippen LogP contribution in [0.1, 0.15) is 59.8 Å². The van der Waals surface area contributed by atoms with Crippen molar-refractivity contribution in [2.24, 2.45) is 11.8 Å². The highest BCUT2D eigenvalue weighted by atomic mass is 19.3. The van der Waals surface area contributed by atoms with E-state index in [1.807, 2.05) is 0 Å².